The average molecular weight is 465 g/mol. The van der Waals surface area contributed by atoms with E-state index in [-0.39, 0.29) is 6.04 Å². The van der Waals surface area contributed by atoms with E-state index in [1.165, 1.54) is 44.6 Å². The highest BCUT2D eigenvalue weighted by atomic mass is 35.5. The van der Waals surface area contributed by atoms with Gasteiger partial charge in [0.05, 0.1) is 11.1 Å². The molecule has 1 atom stereocenters. The molecule has 2 aromatic rings. The quantitative estimate of drug-likeness (QED) is 0.501. The van der Waals surface area contributed by atoms with Crippen LogP contribution in [0.25, 0.3) is 0 Å². The lowest BCUT2D eigenvalue weighted by Crippen LogP contribution is -2.27. The zero-order chi connectivity index (χ0) is 23.2. The summed E-state index contributed by atoms with van der Waals surface area (Å²) in [6.07, 6.45) is 4.79. The Morgan fingerprint density at radius 3 is 2.03 bits per heavy atom. The molecular weight excluding hydrogens is 435 g/mol. The van der Waals surface area contributed by atoms with Crippen LogP contribution in [0.5, 0.6) is 0 Å². The molecule has 1 heterocycles. The zero-order valence-electron chi connectivity index (χ0n) is 19.7. The molecule has 1 aliphatic heterocycles. The Morgan fingerprint density at radius 2 is 1.47 bits per heavy atom. The molecule has 0 aromatic heterocycles. The Hall–Kier alpha value is -2.16. The van der Waals surface area contributed by atoms with Gasteiger partial charge in [-0.1, -0.05) is 59.1 Å². The fourth-order valence-corrected chi connectivity index (χ4v) is 5.92. The van der Waals surface area contributed by atoms with Gasteiger partial charge >= 0.3 is 0 Å². The van der Waals surface area contributed by atoms with Gasteiger partial charge in [0.25, 0.3) is 0 Å². The van der Waals surface area contributed by atoms with Gasteiger partial charge in [0.15, 0.2) is 0 Å². The van der Waals surface area contributed by atoms with Crippen molar-refractivity contribution in [1.82, 2.24) is 5.32 Å². The third kappa shape index (κ3) is 4.00. The van der Waals surface area contributed by atoms with E-state index in [2.05, 4.69) is 88.0 Å². The standard InChI is InChI=1S/C28H30Cl2N2/c1-16-10-18(3)25(19(4)11-16)24-15-31-28(23-9-7-8-22(14-29)26(23)30)32(24)27-20(5)12-17(2)13-21(27)6/h7-8,10-13,24,31H,9,15H2,1-6H3. The molecule has 1 fully saturated rings. The number of aryl methyl sites for hydroxylation is 6. The van der Waals surface area contributed by atoms with Gasteiger partial charge in [0.2, 0.25) is 0 Å². The lowest BCUT2D eigenvalue weighted by atomic mass is 9.92. The van der Waals surface area contributed by atoms with Crippen LogP contribution in [0.15, 0.2) is 58.4 Å². The second-order valence-corrected chi connectivity index (χ2v) is 9.65. The SMILES string of the molecule is Cc1cc(C)c(C2CNC(=C3CC=CC([C]Cl)=C3Cl)N2c2c(C)cc(C)cc2C)c(C)c1. The van der Waals surface area contributed by atoms with Crippen LogP contribution in [0.2, 0.25) is 0 Å². The minimum absolute atomic E-state index is 0.168. The number of anilines is 1. The van der Waals surface area contributed by atoms with Crippen LogP contribution < -0.4 is 10.2 Å². The summed E-state index contributed by atoms with van der Waals surface area (Å²) in [6, 6.07) is 9.26. The molecule has 4 rings (SSSR count). The molecule has 0 spiro atoms. The predicted octanol–water partition coefficient (Wildman–Crippen LogP) is 7.63. The minimum atomic E-state index is 0.168. The molecule has 166 valence electrons. The summed E-state index contributed by atoms with van der Waals surface area (Å²) in [5, 5.41) is 4.38. The summed E-state index contributed by atoms with van der Waals surface area (Å²) < 4.78 is 0. The lowest BCUT2D eigenvalue weighted by Gasteiger charge is -2.33. The number of hydrogen-bond donors (Lipinski definition) is 1. The number of nitrogens with one attached hydrogen (secondary N) is 1. The lowest BCUT2D eigenvalue weighted by molar-refractivity contribution is 0.741. The van der Waals surface area contributed by atoms with Crippen LogP contribution in [-0.2, 0) is 0 Å². The Balaban J connectivity index is 1.98. The highest BCUT2D eigenvalue weighted by molar-refractivity contribution is 6.34. The van der Waals surface area contributed by atoms with E-state index in [0.717, 1.165) is 29.9 Å². The minimum Gasteiger partial charge on any atom is -0.369 e. The monoisotopic (exact) mass is 464 g/mol. The Bertz CT molecular complexity index is 1120. The number of benzene rings is 2. The molecule has 0 bridgehead atoms. The van der Waals surface area contributed by atoms with Gasteiger partial charge in [-0.3, -0.25) is 0 Å². The Morgan fingerprint density at radius 1 is 0.906 bits per heavy atom. The summed E-state index contributed by atoms with van der Waals surface area (Å²) >= 11 is 12.8. The number of rotatable bonds is 3. The van der Waals surface area contributed by atoms with Crippen molar-refractivity contribution >= 4 is 28.9 Å². The van der Waals surface area contributed by atoms with Crippen LogP contribution in [0, 0.1) is 47.4 Å². The topological polar surface area (TPSA) is 15.3 Å². The summed E-state index contributed by atoms with van der Waals surface area (Å²) in [5.41, 5.74) is 12.1. The maximum atomic E-state index is 6.82. The maximum Gasteiger partial charge on any atom is 0.122 e. The molecule has 1 unspecified atom stereocenters. The maximum absolute atomic E-state index is 6.82. The van der Waals surface area contributed by atoms with Crippen molar-refractivity contribution in [2.75, 3.05) is 11.4 Å². The molecule has 0 saturated carbocycles. The van der Waals surface area contributed by atoms with Gasteiger partial charge in [-0.05, 0) is 81.4 Å². The van der Waals surface area contributed by atoms with Crippen LogP contribution in [0.4, 0.5) is 5.69 Å². The third-order valence-corrected chi connectivity index (χ3v) is 7.09. The van der Waals surface area contributed by atoms with Gasteiger partial charge in [-0.15, -0.1) is 11.6 Å². The third-order valence-electron chi connectivity index (χ3n) is 6.46. The second-order valence-electron chi connectivity index (χ2n) is 9.08. The second kappa shape index (κ2) is 9.00. The van der Waals surface area contributed by atoms with E-state index in [1.807, 2.05) is 6.08 Å². The molecule has 4 heteroatoms. The largest absolute Gasteiger partial charge is 0.369 e. The first-order valence-corrected chi connectivity index (χ1v) is 11.8. The summed E-state index contributed by atoms with van der Waals surface area (Å²) in [5.74, 6) is 3.77. The first kappa shape index (κ1) is 23.0. The van der Waals surface area contributed by atoms with E-state index >= 15 is 0 Å². The summed E-state index contributed by atoms with van der Waals surface area (Å²) in [4.78, 5) is 2.47. The predicted molar refractivity (Wildman–Crippen MR) is 137 cm³/mol. The van der Waals surface area contributed by atoms with Crippen LogP contribution in [0.3, 0.4) is 0 Å². The van der Waals surface area contributed by atoms with E-state index in [0.29, 0.717) is 5.03 Å². The van der Waals surface area contributed by atoms with Crippen LogP contribution in [0.1, 0.15) is 51.4 Å². The summed E-state index contributed by atoms with van der Waals surface area (Å²) in [7, 11) is 0. The fraction of sp³-hybridized carbons (Fsp3) is 0.321. The van der Waals surface area contributed by atoms with Crippen molar-refractivity contribution in [3.05, 3.63) is 103 Å². The number of allylic oxidation sites excluding steroid dienone is 5. The van der Waals surface area contributed by atoms with Gasteiger partial charge in [-0.25, -0.2) is 0 Å². The molecule has 1 saturated heterocycles. The molecule has 2 aliphatic rings. The van der Waals surface area contributed by atoms with Crippen LogP contribution in [-0.4, -0.2) is 6.54 Å². The first-order valence-electron chi connectivity index (χ1n) is 11.1. The Kier molecular flexibility index (Phi) is 6.47. The van der Waals surface area contributed by atoms with Crippen molar-refractivity contribution in [2.24, 2.45) is 0 Å². The van der Waals surface area contributed by atoms with E-state index < -0.39 is 0 Å². The number of halogens is 2. The highest BCUT2D eigenvalue weighted by Crippen LogP contribution is 2.44. The Labute approximate surface area is 202 Å². The van der Waals surface area contributed by atoms with E-state index in [4.69, 9.17) is 23.2 Å². The van der Waals surface area contributed by atoms with Crippen molar-refractivity contribution in [1.29, 1.82) is 0 Å². The number of hydrogen-bond acceptors (Lipinski definition) is 2. The molecule has 2 nitrogen and oxygen atoms in total. The van der Waals surface area contributed by atoms with Gasteiger partial charge in [0, 0.05) is 17.8 Å². The highest BCUT2D eigenvalue weighted by Gasteiger charge is 2.36. The van der Waals surface area contributed by atoms with E-state index in [1.54, 1.807) is 0 Å². The normalized spacial score (nSPS) is 20.9. The van der Waals surface area contributed by atoms with Gasteiger partial charge in [0.1, 0.15) is 11.7 Å². The summed E-state index contributed by atoms with van der Waals surface area (Å²) in [6.45, 7) is 14.0. The average Bonchev–Trinajstić information content (AvgIpc) is 3.10. The molecule has 2 radical (unpaired) electrons. The molecule has 0 amide bonds. The molecular formula is C28H30Cl2N2. The molecule has 2 aromatic carbocycles. The first-order chi connectivity index (χ1) is 15.2. The molecule has 1 aliphatic carbocycles. The molecule has 1 N–H and O–H groups in total. The van der Waals surface area contributed by atoms with Gasteiger partial charge < -0.3 is 10.2 Å². The zero-order valence-corrected chi connectivity index (χ0v) is 21.2. The number of nitrogens with zero attached hydrogens (tertiary/aromatic N) is 1. The smallest absolute Gasteiger partial charge is 0.122 e. The van der Waals surface area contributed by atoms with Crippen molar-refractivity contribution < 1.29 is 0 Å². The van der Waals surface area contributed by atoms with Crippen molar-refractivity contribution in [3.8, 4) is 0 Å². The van der Waals surface area contributed by atoms with Crippen molar-refractivity contribution in [2.45, 2.75) is 54.0 Å². The van der Waals surface area contributed by atoms with E-state index in [9.17, 15) is 0 Å². The molecule has 32 heavy (non-hydrogen) atoms. The fourth-order valence-electron chi connectivity index (χ4n) is 5.44. The van der Waals surface area contributed by atoms with Crippen molar-refractivity contribution in [3.63, 3.8) is 0 Å². The van der Waals surface area contributed by atoms with Crippen LogP contribution >= 0.6 is 23.2 Å². The van der Waals surface area contributed by atoms with Gasteiger partial charge in [-0.2, -0.15) is 0 Å².